The van der Waals surface area contributed by atoms with E-state index in [1.165, 1.54) is 10.9 Å². The first kappa shape index (κ1) is 26.7. The van der Waals surface area contributed by atoms with E-state index in [0.717, 1.165) is 72.4 Å². The van der Waals surface area contributed by atoms with Gasteiger partial charge in [-0.1, -0.05) is 18.6 Å². The van der Waals surface area contributed by atoms with Crippen LogP contribution in [0.25, 0.3) is 21.9 Å². The molecular weight excluding hydrogens is 530 g/mol. The fourth-order valence-corrected chi connectivity index (χ4v) is 6.40. The first-order valence-corrected chi connectivity index (χ1v) is 14.7. The van der Waals surface area contributed by atoms with Gasteiger partial charge in [0.25, 0.3) is 0 Å². The first-order chi connectivity index (χ1) is 20.5. The van der Waals surface area contributed by atoms with Crippen molar-refractivity contribution in [3.63, 3.8) is 0 Å². The van der Waals surface area contributed by atoms with Gasteiger partial charge in [-0.05, 0) is 73.3 Å². The van der Waals surface area contributed by atoms with Crippen LogP contribution in [0, 0.1) is 0 Å². The van der Waals surface area contributed by atoms with E-state index in [-0.39, 0.29) is 17.7 Å². The summed E-state index contributed by atoms with van der Waals surface area (Å²) in [6, 6.07) is 15.9. The number of rotatable bonds is 9. The number of fused-ring (bicyclic) bond motifs is 2. The smallest absolute Gasteiger partial charge is 0.335 e. The molecule has 0 spiro atoms. The van der Waals surface area contributed by atoms with E-state index in [1.54, 1.807) is 12.1 Å². The lowest BCUT2D eigenvalue weighted by molar-refractivity contribution is -0.0586. The molecule has 9 nitrogen and oxygen atoms in total. The Hall–Kier alpha value is -4.21. The van der Waals surface area contributed by atoms with Gasteiger partial charge in [0.05, 0.1) is 47.3 Å². The van der Waals surface area contributed by atoms with Crippen LogP contribution >= 0.6 is 0 Å². The topological polar surface area (TPSA) is 94.6 Å². The molecule has 7 rings (SSSR count). The number of aromatic nitrogens is 4. The quantitative estimate of drug-likeness (QED) is 0.244. The van der Waals surface area contributed by atoms with Gasteiger partial charge in [0.2, 0.25) is 0 Å². The van der Waals surface area contributed by atoms with Crippen molar-refractivity contribution in [1.29, 1.82) is 0 Å². The first-order valence-electron chi connectivity index (χ1n) is 14.7. The Morgan fingerprint density at radius 3 is 2.81 bits per heavy atom. The summed E-state index contributed by atoms with van der Waals surface area (Å²) in [5, 5.41) is 11.1. The molecule has 0 radical (unpaired) electrons. The van der Waals surface area contributed by atoms with Crippen molar-refractivity contribution in [3.8, 4) is 5.75 Å². The Kier molecular flexibility index (Phi) is 7.13. The molecule has 0 saturated carbocycles. The minimum absolute atomic E-state index is 0.0523. The van der Waals surface area contributed by atoms with Crippen LogP contribution in [-0.4, -0.2) is 54.3 Å². The number of pyridine rings is 1. The number of nitrogens with zero attached hydrogens (tertiary/aromatic N) is 5. The zero-order chi connectivity index (χ0) is 28.6. The lowest BCUT2D eigenvalue weighted by atomic mass is 9.96. The fraction of sp³-hybridized carbons (Fsp3) is 0.364. The summed E-state index contributed by atoms with van der Waals surface area (Å²) in [5.41, 5.74) is 6.12. The fourth-order valence-electron chi connectivity index (χ4n) is 6.40. The van der Waals surface area contributed by atoms with Crippen LogP contribution in [-0.2, 0) is 31.5 Å². The van der Waals surface area contributed by atoms with Crippen molar-refractivity contribution in [1.82, 2.24) is 24.0 Å². The molecule has 216 valence electrons. The van der Waals surface area contributed by atoms with E-state index >= 15 is 0 Å². The Balaban J connectivity index is 1.18. The van der Waals surface area contributed by atoms with Crippen LogP contribution in [0.5, 0.6) is 5.75 Å². The number of hydrogen-bond acceptors (Lipinski definition) is 6. The maximum atomic E-state index is 12.1. The largest absolute Gasteiger partial charge is 0.487 e. The molecular formula is C33H35N5O4. The van der Waals surface area contributed by atoms with Crippen molar-refractivity contribution in [2.75, 3.05) is 13.2 Å². The molecule has 2 unspecified atom stereocenters. The number of carboxylic acids is 1. The van der Waals surface area contributed by atoms with Crippen molar-refractivity contribution in [2.45, 2.75) is 57.5 Å². The maximum absolute atomic E-state index is 12.1. The second kappa shape index (κ2) is 11.2. The highest BCUT2D eigenvalue weighted by molar-refractivity contribution is 5.93. The summed E-state index contributed by atoms with van der Waals surface area (Å²) in [6.07, 6.45) is 10.0. The normalized spacial score (nSPS) is 19.3. The predicted molar refractivity (Wildman–Crippen MR) is 160 cm³/mol. The average Bonchev–Trinajstić information content (AvgIpc) is 3.58. The molecule has 5 heterocycles. The summed E-state index contributed by atoms with van der Waals surface area (Å²) in [5.74, 6) is -0.147. The third-order valence-electron chi connectivity index (χ3n) is 8.75. The number of carbonyl (C=O) groups is 1. The highest BCUT2D eigenvalue weighted by atomic mass is 16.5. The lowest BCUT2D eigenvalue weighted by Crippen LogP contribution is -2.34. The highest BCUT2D eigenvalue weighted by Gasteiger charge is 2.29. The second-order valence-electron chi connectivity index (χ2n) is 11.4. The third-order valence-corrected chi connectivity index (χ3v) is 8.75. The number of imidazole rings is 1. The van der Waals surface area contributed by atoms with E-state index in [0.29, 0.717) is 19.7 Å². The summed E-state index contributed by atoms with van der Waals surface area (Å²) in [7, 11) is 2.05. The van der Waals surface area contributed by atoms with Crippen LogP contribution in [0.3, 0.4) is 0 Å². The van der Waals surface area contributed by atoms with E-state index in [4.69, 9.17) is 19.4 Å². The Bertz CT molecular complexity index is 1750. The van der Waals surface area contributed by atoms with Crippen LogP contribution < -0.4 is 4.74 Å². The van der Waals surface area contributed by atoms with Gasteiger partial charge >= 0.3 is 5.97 Å². The summed E-state index contributed by atoms with van der Waals surface area (Å²) < 4.78 is 16.2. The number of aryl methyl sites for hydroxylation is 1. The van der Waals surface area contributed by atoms with Crippen LogP contribution in [0.1, 0.15) is 58.9 Å². The van der Waals surface area contributed by atoms with Gasteiger partial charge in [-0.3, -0.25) is 9.88 Å². The predicted octanol–water partition coefficient (Wildman–Crippen LogP) is 5.72. The van der Waals surface area contributed by atoms with Crippen LogP contribution in [0.2, 0.25) is 0 Å². The zero-order valence-corrected chi connectivity index (χ0v) is 23.8. The SMILES string of the molecule is Cn1ccc2c(COc3cccnc3C3CCCCN3Cc3cc(C(=O)O)cc4c3ncn4CC3CCO3)cccc21. The molecule has 9 heteroatoms. The Morgan fingerprint density at radius 2 is 1.98 bits per heavy atom. The number of piperidine rings is 1. The van der Waals surface area contributed by atoms with E-state index in [9.17, 15) is 9.90 Å². The van der Waals surface area contributed by atoms with Crippen molar-refractivity contribution >= 4 is 27.9 Å². The van der Waals surface area contributed by atoms with Gasteiger partial charge in [0.1, 0.15) is 12.4 Å². The molecule has 5 aromatic rings. The highest BCUT2D eigenvalue weighted by Crippen LogP contribution is 2.37. The van der Waals surface area contributed by atoms with Crippen molar-refractivity contribution in [3.05, 3.63) is 89.6 Å². The van der Waals surface area contributed by atoms with Gasteiger partial charge in [0, 0.05) is 43.5 Å². The number of likely N-dealkylation sites (tertiary alicyclic amines) is 1. The second-order valence-corrected chi connectivity index (χ2v) is 11.4. The average molecular weight is 566 g/mol. The molecule has 2 aliphatic rings. The summed E-state index contributed by atoms with van der Waals surface area (Å²) in [4.78, 5) is 24.1. The number of ether oxygens (including phenoxy) is 2. The van der Waals surface area contributed by atoms with Crippen molar-refractivity contribution < 1.29 is 19.4 Å². The molecule has 2 saturated heterocycles. The summed E-state index contributed by atoms with van der Waals surface area (Å²) in [6.45, 7) is 3.38. The maximum Gasteiger partial charge on any atom is 0.335 e. The van der Waals surface area contributed by atoms with Crippen LogP contribution in [0.4, 0.5) is 0 Å². The molecule has 0 aliphatic carbocycles. The number of carboxylic acid groups (broad SMARTS) is 1. The molecule has 1 N–H and O–H groups in total. The minimum Gasteiger partial charge on any atom is -0.487 e. The van der Waals surface area contributed by atoms with Crippen LogP contribution in [0.15, 0.2) is 67.3 Å². The molecule has 2 aliphatic heterocycles. The minimum atomic E-state index is -0.935. The van der Waals surface area contributed by atoms with Gasteiger partial charge in [0.15, 0.2) is 0 Å². The van der Waals surface area contributed by atoms with E-state index < -0.39 is 5.97 Å². The van der Waals surface area contributed by atoms with E-state index in [1.807, 2.05) is 29.2 Å². The molecule has 2 atom stereocenters. The third kappa shape index (κ3) is 5.03. The van der Waals surface area contributed by atoms with E-state index in [2.05, 4.69) is 47.0 Å². The monoisotopic (exact) mass is 565 g/mol. The molecule has 2 aromatic carbocycles. The van der Waals surface area contributed by atoms with Crippen molar-refractivity contribution in [2.24, 2.45) is 7.05 Å². The summed E-state index contributed by atoms with van der Waals surface area (Å²) >= 11 is 0. The Labute approximate surface area is 244 Å². The number of aromatic carboxylic acids is 1. The Morgan fingerprint density at radius 1 is 1.07 bits per heavy atom. The molecule has 42 heavy (non-hydrogen) atoms. The molecule has 2 fully saturated rings. The standard InChI is InChI=1S/C33H35N5O4/c1-36-14-10-26-22(6-4-8-27(26)36)20-42-30-9-5-12-34-32(30)28-7-2-3-13-37(28)18-24-16-23(33(39)40)17-29-31(24)35-21-38(29)19-25-11-15-41-25/h4-6,8-10,12,14,16-17,21,25,28H,2-3,7,11,13,15,18-20H2,1H3,(H,39,40). The van der Waals surface area contributed by atoms with Gasteiger partial charge in [-0.15, -0.1) is 0 Å². The van der Waals surface area contributed by atoms with Gasteiger partial charge in [-0.25, -0.2) is 9.78 Å². The number of benzene rings is 2. The molecule has 3 aromatic heterocycles. The lowest BCUT2D eigenvalue weighted by Gasteiger charge is -2.36. The molecule has 0 bridgehead atoms. The molecule has 0 amide bonds. The van der Waals surface area contributed by atoms with Gasteiger partial charge in [-0.2, -0.15) is 0 Å². The zero-order valence-electron chi connectivity index (χ0n) is 23.8. The van der Waals surface area contributed by atoms with Gasteiger partial charge < -0.3 is 23.7 Å². The number of hydrogen-bond donors (Lipinski definition) is 1.